The zero-order valence-electron chi connectivity index (χ0n) is 11.7. The Morgan fingerprint density at radius 3 is 2.95 bits per heavy atom. The highest BCUT2D eigenvalue weighted by Gasteiger charge is 2.19. The van der Waals surface area contributed by atoms with E-state index in [9.17, 15) is 4.79 Å². The Hall–Kier alpha value is -1.95. The van der Waals surface area contributed by atoms with Gasteiger partial charge in [-0.15, -0.1) is 0 Å². The SMILES string of the molecule is COC(=O)CCCNCc1cc(OC)c2c(c1)OCO2. The highest BCUT2D eigenvalue weighted by molar-refractivity contribution is 5.69. The minimum atomic E-state index is -0.184. The van der Waals surface area contributed by atoms with Crippen molar-refractivity contribution in [3.8, 4) is 17.2 Å². The number of carbonyl (C=O) groups excluding carboxylic acids is 1. The molecule has 0 spiro atoms. The Labute approximate surface area is 118 Å². The van der Waals surface area contributed by atoms with E-state index in [1.807, 2.05) is 12.1 Å². The van der Waals surface area contributed by atoms with Gasteiger partial charge in [0, 0.05) is 13.0 Å². The zero-order chi connectivity index (χ0) is 14.4. The number of benzene rings is 1. The van der Waals surface area contributed by atoms with Crippen molar-refractivity contribution in [2.24, 2.45) is 0 Å². The van der Waals surface area contributed by atoms with E-state index >= 15 is 0 Å². The predicted octanol–water partition coefficient (Wildman–Crippen LogP) is 1.47. The smallest absolute Gasteiger partial charge is 0.305 e. The van der Waals surface area contributed by atoms with Crippen molar-refractivity contribution in [2.45, 2.75) is 19.4 Å². The van der Waals surface area contributed by atoms with Crippen LogP contribution in [0.2, 0.25) is 0 Å². The number of hydrogen-bond donors (Lipinski definition) is 1. The average molecular weight is 281 g/mol. The molecule has 1 N–H and O–H groups in total. The maximum absolute atomic E-state index is 11.0. The molecule has 0 bridgehead atoms. The van der Waals surface area contributed by atoms with Gasteiger partial charge in [0.2, 0.25) is 12.5 Å². The average Bonchev–Trinajstić information content (AvgIpc) is 2.94. The lowest BCUT2D eigenvalue weighted by Gasteiger charge is -2.09. The summed E-state index contributed by atoms with van der Waals surface area (Å²) in [5.41, 5.74) is 1.05. The molecule has 0 aromatic heterocycles. The molecule has 2 rings (SSSR count). The molecule has 1 aliphatic rings. The molecule has 0 saturated heterocycles. The van der Waals surface area contributed by atoms with Crippen molar-refractivity contribution >= 4 is 5.97 Å². The molecule has 0 atom stereocenters. The fourth-order valence-electron chi connectivity index (χ4n) is 1.98. The quantitative estimate of drug-likeness (QED) is 0.603. The zero-order valence-corrected chi connectivity index (χ0v) is 11.7. The van der Waals surface area contributed by atoms with E-state index < -0.39 is 0 Å². The second kappa shape index (κ2) is 7.00. The Balaban J connectivity index is 1.83. The number of rotatable bonds is 7. The minimum absolute atomic E-state index is 0.184. The number of hydrogen-bond acceptors (Lipinski definition) is 6. The van der Waals surface area contributed by atoms with E-state index in [4.69, 9.17) is 14.2 Å². The Bertz CT molecular complexity index is 475. The molecule has 0 fully saturated rings. The van der Waals surface area contributed by atoms with Crippen LogP contribution < -0.4 is 19.5 Å². The number of esters is 1. The molecular weight excluding hydrogens is 262 g/mol. The summed E-state index contributed by atoms with van der Waals surface area (Å²) in [6.07, 6.45) is 1.17. The van der Waals surface area contributed by atoms with Gasteiger partial charge in [-0.1, -0.05) is 0 Å². The minimum Gasteiger partial charge on any atom is -0.493 e. The van der Waals surface area contributed by atoms with Crippen LogP contribution in [-0.2, 0) is 16.1 Å². The summed E-state index contributed by atoms with van der Waals surface area (Å²) < 4.78 is 20.6. The van der Waals surface area contributed by atoms with Crippen LogP contribution in [0, 0.1) is 0 Å². The topological polar surface area (TPSA) is 66.0 Å². The molecular formula is C14H19NO5. The third-order valence-corrected chi connectivity index (χ3v) is 3.01. The van der Waals surface area contributed by atoms with Gasteiger partial charge in [0.25, 0.3) is 0 Å². The van der Waals surface area contributed by atoms with Gasteiger partial charge in [0.1, 0.15) is 0 Å². The van der Waals surface area contributed by atoms with Crippen LogP contribution in [-0.4, -0.2) is 33.5 Å². The lowest BCUT2D eigenvalue weighted by molar-refractivity contribution is -0.140. The standard InChI is InChI=1S/C14H19NO5/c1-17-11-6-10(7-12-14(11)20-9-19-12)8-15-5-3-4-13(16)18-2/h6-7,15H,3-5,8-9H2,1-2H3. The summed E-state index contributed by atoms with van der Waals surface area (Å²) in [6.45, 7) is 1.64. The van der Waals surface area contributed by atoms with Gasteiger partial charge in [0.05, 0.1) is 14.2 Å². The number of methoxy groups -OCH3 is 2. The number of ether oxygens (including phenoxy) is 4. The number of nitrogens with one attached hydrogen (secondary N) is 1. The maximum atomic E-state index is 11.0. The van der Waals surface area contributed by atoms with E-state index in [-0.39, 0.29) is 12.8 Å². The fourth-order valence-corrected chi connectivity index (χ4v) is 1.98. The van der Waals surface area contributed by atoms with Crippen LogP contribution in [0.4, 0.5) is 0 Å². The van der Waals surface area contributed by atoms with Gasteiger partial charge < -0.3 is 24.3 Å². The highest BCUT2D eigenvalue weighted by atomic mass is 16.7. The highest BCUT2D eigenvalue weighted by Crippen LogP contribution is 2.41. The summed E-state index contributed by atoms with van der Waals surface area (Å²) in [4.78, 5) is 11.0. The van der Waals surface area contributed by atoms with E-state index in [1.54, 1.807) is 7.11 Å². The van der Waals surface area contributed by atoms with Crippen LogP contribution in [0.3, 0.4) is 0 Å². The number of fused-ring (bicyclic) bond motifs is 1. The van der Waals surface area contributed by atoms with Gasteiger partial charge >= 0.3 is 5.97 Å². The summed E-state index contributed by atoms with van der Waals surface area (Å²) in [5.74, 6) is 1.85. The predicted molar refractivity (Wildman–Crippen MR) is 72.1 cm³/mol. The summed E-state index contributed by atoms with van der Waals surface area (Å²) in [5, 5.41) is 3.26. The lowest BCUT2D eigenvalue weighted by Crippen LogP contribution is -2.16. The van der Waals surface area contributed by atoms with Gasteiger partial charge in [-0.25, -0.2) is 0 Å². The molecule has 6 nitrogen and oxygen atoms in total. The van der Waals surface area contributed by atoms with Crippen LogP contribution >= 0.6 is 0 Å². The molecule has 0 unspecified atom stereocenters. The normalized spacial score (nSPS) is 12.3. The van der Waals surface area contributed by atoms with E-state index in [0.717, 1.165) is 18.5 Å². The van der Waals surface area contributed by atoms with Crippen molar-refractivity contribution in [3.63, 3.8) is 0 Å². The van der Waals surface area contributed by atoms with Crippen molar-refractivity contribution in [2.75, 3.05) is 27.6 Å². The molecule has 0 aliphatic carbocycles. The molecule has 20 heavy (non-hydrogen) atoms. The third kappa shape index (κ3) is 3.54. The molecule has 1 heterocycles. The first kappa shape index (κ1) is 14.5. The van der Waals surface area contributed by atoms with Crippen molar-refractivity contribution in [1.29, 1.82) is 0 Å². The second-order valence-electron chi connectivity index (χ2n) is 4.39. The van der Waals surface area contributed by atoms with Crippen LogP contribution in [0.15, 0.2) is 12.1 Å². The summed E-state index contributed by atoms with van der Waals surface area (Å²) in [6, 6.07) is 3.85. The Morgan fingerprint density at radius 2 is 2.20 bits per heavy atom. The molecule has 1 aromatic rings. The lowest BCUT2D eigenvalue weighted by atomic mass is 10.2. The molecule has 6 heteroatoms. The van der Waals surface area contributed by atoms with E-state index in [2.05, 4.69) is 10.1 Å². The fraction of sp³-hybridized carbons (Fsp3) is 0.500. The maximum Gasteiger partial charge on any atom is 0.305 e. The van der Waals surface area contributed by atoms with Gasteiger partial charge in [-0.05, 0) is 30.7 Å². The van der Waals surface area contributed by atoms with Crippen molar-refractivity contribution in [3.05, 3.63) is 17.7 Å². The summed E-state index contributed by atoms with van der Waals surface area (Å²) in [7, 11) is 3.00. The summed E-state index contributed by atoms with van der Waals surface area (Å²) >= 11 is 0. The van der Waals surface area contributed by atoms with Crippen LogP contribution in [0.1, 0.15) is 18.4 Å². The van der Waals surface area contributed by atoms with E-state index in [0.29, 0.717) is 30.2 Å². The Kier molecular flexibility index (Phi) is 5.06. The first-order valence-corrected chi connectivity index (χ1v) is 6.48. The largest absolute Gasteiger partial charge is 0.493 e. The van der Waals surface area contributed by atoms with Crippen LogP contribution in [0.25, 0.3) is 0 Å². The van der Waals surface area contributed by atoms with Gasteiger partial charge in [-0.3, -0.25) is 4.79 Å². The second-order valence-corrected chi connectivity index (χ2v) is 4.39. The molecule has 1 aliphatic heterocycles. The monoisotopic (exact) mass is 281 g/mol. The molecule has 0 saturated carbocycles. The molecule has 110 valence electrons. The Morgan fingerprint density at radius 1 is 1.35 bits per heavy atom. The third-order valence-electron chi connectivity index (χ3n) is 3.01. The van der Waals surface area contributed by atoms with Crippen molar-refractivity contribution < 1.29 is 23.7 Å². The van der Waals surface area contributed by atoms with Crippen LogP contribution in [0.5, 0.6) is 17.2 Å². The van der Waals surface area contributed by atoms with Gasteiger partial charge in [0.15, 0.2) is 11.5 Å². The van der Waals surface area contributed by atoms with E-state index in [1.165, 1.54) is 7.11 Å². The number of carbonyl (C=O) groups is 1. The van der Waals surface area contributed by atoms with Gasteiger partial charge in [-0.2, -0.15) is 0 Å². The first-order valence-electron chi connectivity index (χ1n) is 6.48. The molecule has 1 aromatic carbocycles. The van der Waals surface area contributed by atoms with Crippen molar-refractivity contribution in [1.82, 2.24) is 5.32 Å². The molecule has 0 radical (unpaired) electrons. The molecule has 0 amide bonds. The first-order chi connectivity index (χ1) is 9.74.